The molecule has 0 aliphatic carbocycles. The van der Waals surface area contributed by atoms with E-state index in [1.165, 1.54) is 12.1 Å². The van der Waals surface area contributed by atoms with Crippen molar-refractivity contribution >= 4 is 52.4 Å². The zero-order chi connectivity index (χ0) is 29.6. The predicted molar refractivity (Wildman–Crippen MR) is 153 cm³/mol. The van der Waals surface area contributed by atoms with E-state index in [0.29, 0.717) is 46.5 Å². The van der Waals surface area contributed by atoms with Gasteiger partial charge in [-0.15, -0.1) is 0 Å². The fourth-order valence-electron chi connectivity index (χ4n) is 3.68. The maximum Gasteiger partial charge on any atom is 0.328 e. The number of halogens is 2. The molecule has 0 aliphatic rings. The molecule has 14 heteroatoms. The summed E-state index contributed by atoms with van der Waals surface area (Å²) in [4.78, 5) is 39.4. The van der Waals surface area contributed by atoms with Crippen LogP contribution in [0, 0.1) is 10.1 Å². The molecule has 1 aromatic carbocycles. The average Bonchev–Trinajstić information content (AvgIpc) is 3.27. The number of aryl methyl sites for hydroxylation is 1. The lowest BCUT2D eigenvalue weighted by Crippen LogP contribution is -2.45. The number of pyridine rings is 1. The lowest BCUT2D eigenvalue weighted by Gasteiger charge is -2.23. The molecule has 1 amide bonds. The summed E-state index contributed by atoms with van der Waals surface area (Å²) in [6.45, 7) is 6.07. The van der Waals surface area contributed by atoms with Gasteiger partial charge in [0.15, 0.2) is 6.04 Å². The minimum Gasteiger partial charge on any atom is -0.480 e. The summed E-state index contributed by atoms with van der Waals surface area (Å²) < 4.78 is 7.37. The average molecular weight is 593 g/mol. The Hall–Kier alpha value is -3.87. The first-order chi connectivity index (χ1) is 18.7. The van der Waals surface area contributed by atoms with Crippen molar-refractivity contribution in [3.63, 3.8) is 0 Å². The van der Waals surface area contributed by atoms with E-state index in [9.17, 15) is 24.8 Å². The molecule has 2 heterocycles. The molecule has 0 fully saturated rings. The van der Waals surface area contributed by atoms with Crippen molar-refractivity contribution in [1.82, 2.24) is 14.9 Å². The number of hydrogen-bond donors (Lipinski definition) is 4. The van der Waals surface area contributed by atoms with E-state index < -0.39 is 28.4 Å². The first-order valence-corrected chi connectivity index (χ1v) is 13.0. The van der Waals surface area contributed by atoms with Crippen molar-refractivity contribution in [2.75, 3.05) is 24.2 Å². The molecule has 0 spiro atoms. The molecule has 214 valence electrons. The maximum absolute atomic E-state index is 13.3. The Balaban J connectivity index is 1.78. The van der Waals surface area contributed by atoms with Crippen LogP contribution in [0.25, 0.3) is 11.1 Å². The Morgan fingerprint density at radius 2 is 1.93 bits per heavy atom. The Bertz CT molecular complexity index is 1400. The molecule has 0 unspecified atom stereocenters. The van der Waals surface area contributed by atoms with Gasteiger partial charge in [-0.3, -0.25) is 14.9 Å². The number of benzene rings is 1. The Morgan fingerprint density at radius 1 is 1.20 bits per heavy atom. The highest BCUT2D eigenvalue weighted by molar-refractivity contribution is 6.36. The number of ether oxygens (including phenoxy) is 1. The number of carbonyl (C=O) groups excluding carboxylic acids is 1. The summed E-state index contributed by atoms with van der Waals surface area (Å²) in [6.07, 6.45) is 3.94. The number of hydrogen-bond acceptors (Lipinski definition) is 8. The first kappa shape index (κ1) is 30.7. The molecule has 0 saturated heterocycles. The number of aliphatic carboxylic acids is 1. The lowest BCUT2D eigenvalue weighted by molar-refractivity contribution is -0.384. The second-order valence-corrected chi connectivity index (χ2v) is 10.7. The van der Waals surface area contributed by atoms with Gasteiger partial charge in [0, 0.05) is 52.7 Å². The molecule has 3 rings (SSSR count). The highest BCUT2D eigenvalue weighted by atomic mass is 35.5. The van der Waals surface area contributed by atoms with Crippen LogP contribution < -0.4 is 16.4 Å². The molecule has 0 bridgehead atoms. The molecular formula is C26H30Cl2N6O6. The van der Waals surface area contributed by atoms with Crippen LogP contribution in [-0.4, -0.2) is 56.3 Å². The number of nitrogen functional groups attached to an aromatic ring is 1. The largest absolute Gasteiger partial charge is 0.480 e. The van der Waals surface area contributed by atoms with Crippen molar-refractivity contribution < 1.29 is 24.4 Å². The third-order valence-corrected chi connectivity index (χ3v) is 6.18. The van der Waals surface area contributed by atoms with Gasteiger partial charge >= 0.3 is 11.7 Å². The summed E-state index contributed by atoms with van der Waals surface area (Å²) in [7, 11) is 0. The number of nitrogens with one attached hydrogen (secondary N) is 2. The fraction of sp³-hybridized carbons (Fsp3) is 0.346. The summed E-state index contributed by atoms with van der Waals surface area (Å²) in [5.74, 6) is -1.63. The maximum atomic E-state index is 13.3. The SMILES string of the molecule is CC(C)(C)OC[C@H](NC(=O)c1cn(CCCNc2ccc([N+](=O)[O-])c(N)n2)cc1-c1ccc(Cl)cc1Cl)C(=O)O. The van der Waals surface area contributed by atoms with Crippen molar-refractivity contribution in [3.05, 3.63) is 68.4 Å². The molecule has 12 nitrogen and oxygen atoms in total. The third kappa shape index (κ3) is 8.31. The molecule has 3 aromatic rings. The van der Waals surface area contributed by atoms with Crippen LogP contribution in [0.1, 0.15) is 37.6 Å². The number of nitrogens with zero attached hydrogens (tertiary/aromatic N) is 3. The van der Waals surface area contributed by atoms with Gasteiger partial charge in [-0.1, -0.05) is 29.3 Å². The predicted octanol–water partition coefficient (Wildman–Crippen LogP) is 4.85. The minimum atomic E-state index is -1.27. The standard InChI is InChI=1S/C26H30Cl2N6O6/c1-26(2,3)40-14-20(25(36)37)31-24(35)18-13-33(12-17(18)16-6-5-15(27)11-19(16)28)10-4-9-30-22-8-7-21(34(38)39)23(29)32-22/h5-8,11-13,20H,4,9-10,14H2,1-3H3,(H,31,35)(H,36,37)(H3,29,30,32)/t20-/m0/s1. The molecule has 1 atom stereocenters. The number of nitro groups is 1. The number of rotatable bonds is 12. The van der Waals surface area contributed by atoms with Crippen molar-refractivity contribution in [1.29, 1.82) is 0 Å². The highest BCUT2D eigenvalue weighted by Crippen LogP contribution is 2.33. The van der Waals surface area contributed by atoms with Crippen LogP contribution in [0.4, 0.5) is 17.3 Å². The smallest absolute Gasteiger partial charge is 0.328 e. The molecule has 0 radical (unpaired) electrons. The van der Waals surface area contributed by atoms with Gasteiger partial charge < -0.3 is 30.8 Å². The van der Waals surface area contributed by atoms with E-state index in [1.807, 2.05) is 0 Å². The van der Waals surface area contributed by atoms with Gasteiger partial charge in [0.05, 0.1) is 22.7 Å². The van der Waals surface area contributed by atoms with Gasteiger partial charge in [-0.25, -0.2) is 9.78 Å². The molecule has 0 saturated carbocycles. The second kappa shape index (κ2) is 13.0. The summed E-state index contributed by atoms with van der Waals surface area (Å²) in [5, 5.41) is 26.9. The van der Waals surface area contributed by atoms with E-state index in [1.54, 1.807) is 55.9 Å². The van der Waals surface area contributed by atoms with Crippen LogP contribution in [0.5, 0.6) is 0 Å². The summed E-state index contributed by atoms with van der Waals surface area (Å²) in [5.41, 5.74) is 6.05. The Labute approximate surface area is 240 Å². The topological polar surface area (TPSA) is 175 Å². The number of aromatic nitrogens is 2. The van der Waals surface area contributed by atoms with Crippen LogP contribution in [0.2, 0.25) is 10.0 Å². The van der Waals surface area contributed by atoms with E-state index >= 15 is 0 Å². The van der Waals surface area contributed by atoms with E-state index in [2.05, 4.69) is 15.6 Å². The number of carbonyl (C=O) groups is 2. The molecule has 0 aliphatic heterocycles. The minimum absolute atomic E-state index is 0.187. The second-order valence-electron chi connectivity index (χ2n) is 9.87. The summed E-state index contributed by atoms with van der Waals surface area (Å²) >= 11 is 12.5. The Morgan fingerprint density at radius 3 is 2.52 bits per heavy atom. The third-order valence-electron chi connectivity index (χ3n) is 5.63. The van der Waals surface area contributed by atoms with E-state index in [4.69, 9.17) is 33.7 Å². The van der Waals surface area contributed by atoms with Crippen molar-refractivity contribution in [2.45, 2.75) is 45.4 Å². The fourth-order valence-corrected chi connectivity index (χ4v) is 4.19. The van der Waals surface area contributed by atoms with E-state index in [0.717, 1.165) is 0 Å². The molecule has 40 heavy (non-hydrogen) atoms. The molecular weight excluding hydrogens is 563 g/mol. The monoisotopic (exact) mass is 592 g/mol. The first-order valence-electron chi connectivity index (χ1n) is 12.2. The quantitative estimate of drug-likeness (QED) is 0.130. The van der Waals surface area contributed by atoms with Gasteiger partial charge in [-0.2, -0.15) is 0 Å². The summed E-state index contributed by atoms with van der Waals surface area (Å²) in [6, 6.07) is 6.36. The highest BCUT2D eigenvalue weighted by Gasteiger charge is 2.26. The number of carboxylic acid groups (broad SMARTS) is 1. The van der Waals surface area contributed by atoms with Gasteiger partial charge in [0.25, 0.3) is 5.91 Å². The van der Waals surface area contributed by atoms with Gasteiger partial charge in [0.2, 0.25) is 5.82 Å². The van der Waals surface area contributed by atoms with Crippen molar-refractivity contribution in [3.8, 4) is 11.1 Å². The van der Waals surface area contributed by atoms with Gasteiger partial charge in [0.1, 0.15) is 5.82 Å². The van der Waals surface area contributed by atoms with Crippen LogP contribution in [0.3, 0.4) is 0 Å². The number of carboxylic acids is 1. The lowest BCUT2D eigenvalue weighted by atomic mass is 10.0. The molecule has 2 aromatic heterocycles. The number of anilines is 2. The zero-order valence-electron chi connectivity index (χ0n) is 22.1. The van der Waals surface area contributed by atoms with E-state index in [-0.39, 0.29) is 23.7 Å². The number of amides is 1. The van der Waals surface area contributed by atoms with Crippen LogP contribution >= 0.6 is 23.2 Å². The molecule has 5 N–H and O–H groups in total. The Kier molecular flexibility index (Phi) is 9.96. The normalized spacial score (nSPS) is 12.1. The van der Waals surface area contributed by atoms with Crippen molar-refractivity contribution in [2.24, 2.45) is 0 Å². The van der Waals surface area contributed by atoms with Crippen LogP contribution in [-0.2, 0) is 16.1 Å². The van der Waals surface area contributed by atoms with Crippen LogP contribution in [0.15, 0.2) is 42.7 Å². The zero-order valence-corrected chi connectivity index (χ0v) is 23.6. The number of nitrogens with two attached hydrogens (primary N) is 1. The van der Waals surface area contributed by atoms with Gasteiger partial charge in [-0.05, 0) is 45.4 Å².